The Balaban J connectivity index is 1.94. The lowest BCUT2D eigenvalue weighted by atomic mass is 10.1. The maximum absolute atomic E-state index is 13.1. The predicted molar refractivity (Wildman–Crippen MR) is 124 cm³/mol. The van der Waals surface area contributed by atoms with E-state index in [9.17, 15) is 13.2 Å². The molecule has 0 saturated carbocycles. The number of carbonyl (C=O) groups excluding carboxylic acids is 1. The number of carbonyl (C=O) groups is 1. The Kier molecular flexibility index (Phi) is 6.81. The van der Waals surface area contributed by atoms with Crippen LogP contribution in [0.1, 0.15) is 11.1 Å². The van der Waals surface area contributed by atoms with Crippen molar-refractivity contribution in [1.82, 2.24) is 9.88 Å². The molecule has 2 aromatic carbocycles. The minimum atomic E-state index is -3.80. The predicted octanol–water partition coefficient (Wildman–Crippen LogP) is 3.94. The van der Waals surface area contributed by atoms with E-state index >= 15 is 0 Å². The second kappa shape index (κ2) is 9.01. The summed E-state index contributed by atoms with van der Waals surface area (Å²) in [6.07, 6.45) is 0. The van der Waals surface area contributed by atoms with Crippen LogP contribution >= 0.6 is 22.9 Å². The van der Waals surface area contributed by atoms with Gasteiger partial charge in [0, 0.05) is 18.1 Å². The second-order valence-corrected chi connectivity index (χ2v) is 10.9. The zero-order valence-corrected chi connectivity index (χ0v) is 19.7. The number of rotatable bonds is 7. The fourth-order valence-electron chi connectivity index (χ4n) is 3.07. The van der Waals surface area contributed by atoms with Crippen LogP contribution in [0.25, 0.3) is 10.2 Å². The molecule has 1 amide bonds. The van der Waals surface area contributed by atoms with Crippen LogP contribution in [0.3, 0.4) is 0 Å². The first kappa shape index (κ1) is 22.7. The summed E-state index contributed by atoms with van der Waals surface area (Å²) in [5.74, 6) is -1.13. The molecule has 0 bridgehead atoms. The third-order valence-electron chi connectivity index (χ3n) is 4.61. The molecule has 6 nitrogen and oxygen atoms in total. The highest BCUT2D eigenvalue weighted by atomic mass is 35.5. The molecule has 160 valence electrons. The van der Waals surface area contributed by atoms with E-state index in [2.05, 4.69) is 4.98 Å². The molecule has 0 N–H and O–H groups in total. The molecule has 0 aliphatic rings. The molecule has 1 heterocycles. The molecule has 9 heteroatoms. The monoisotopic (exact) mass is 465 g/mol. The summed E-state index contributed by atoms with van der Waals surface area (Å²) in [7, 11) is 0.00410. The fourth-order valence-corrected chi connectivity index (χ4v) is 5.58. The standard InChI is InChI=1S/C21H24ClN3O3S2/c1-14-11-15(2)20-18(12-14)29-21(23-20)25(10-9-24(3)4)19(26)13-30(27,28)17-7-5-16(22)6-8-17/h5-8,11-12H,9-10,13H2,1-4H3. The van der Waals surface area contributed by atoms with E-state index < -0.39 is 21.5 Å². The number of aryl methyl sites for hydroxylation is 2. The first-order chi connectivity index (χ1) is 14.1. The molecule has 0 aliphatic carbocycles. The number of hydrogen-bond donors (Lipinski definition) is 0. The molecule has 0 saturated heterocycles. The van der Waals surface area contributed by atoms with Crippen molar-refractivity contribution < 1.29 is 13.2 Å². The molecule has 0 unspecified atom stereocenters. The van der Waals surface area contributed by atoms with E-state index in [1.54, 1.807) is 0 Å². The highest BCUT2D eigenvalue weighted by molar-refractivity contribution is 7.92. The van der Waals surface area contributed by atoms with Crippen molar-refractivity contribution in [3.63, 3.8) is 0 Å². The van der Waals surface area contributed by atoms with Gasteiger partial charge in [-0.3, -0.25) is 9.69 Å². The van der Waals surface area contributed by atoms with E-state index in [0.29, 0.717) is 23.2 Å². The number of sulfone groups is 1. The van der Waals surface area contributed by atoms with Gasteiger partial charge in [-0.15, -0.1) is 0 Å². The fraction of sp³-hybridized carbons (Fsp3) is 0.333. The zero-order valence-electron chi connectivity index (χ0n) is 17.3. The van der Waals surface area contributed by atoms with Gasteiger partial charge in [-0.25, -0.2) is 13.4 Å². The molecule has 1 aromatic heterocycles. The summed E-state index contributed by atoms with van der Waals surface area (Å²) in [4.78, 5) is 21.3. The Morgan fingerprint density at radius 3 is 2.40 bits per heavy atom. The van der Waals surface area contributed by atoms with E-state index in [-0.39, 0.29) is 4.90 Å². The smallest absolute Gasteiger partial charge is 0.244 e. The third-order valence-corrected chi connectivity index (χ3v) is 7.50. The first-order valence-electron chi connectivity index (χ1n) is 9.38. The Bertz CT molecular complexity index is 1170. The number of likely N-dealkylation sites (N-methyl/N-ethyl adjacent to an activating group) is 1. The Morgan fingerprint density at radius 2 is 1.77 bits per heavy atom. The number of aromatic nitrogens is 1. The van der Waals surface area contributed by atoms with E-state index in [1.807, 2.05) is 45.0 Å². The van der Waals surface area contributed by atoms with Gasteiger partial charge in [-0.2, -0.15) is 0 Å². The molecule has 0 spiro atoms. The Labute approximate surface area is 186 Å². The molecular weight excluding hydrogens is 442 g/mol. The van der Waals surface area contributed by atoms with Gasteiger partial charge < -0.3 is 4.90 Å². The molecule has 0 atom stereocenters. The molecule has 0 fully saturated rings. The average Bonchev–Trinajstić information content (AvgIpc) is 3.05. The summed E-state index contributed by atoms with van der Waals surface area (Å²) in [5.41, 5.74) is 2.98. The maximum atomic E-state index is 13.1. The highest BCUT2D eigenvalue weighted by Crippen LogP contribution is 2.32. The van der Waals surface area contributed by atoms with Gasteiger partial charge in [0.15, 0.2) is 15.0 Å². The summed E-state index contributed by atoms with van der Waals surface area (Å²) in [6.45, 7) is 4.93. The molecular formula is C21H24ClN3O3S2. The van der Waals surface area contributed by atoms with Crippen LogP contribution in [0.2, 0.25) is 5.02 Å². The van der Waals surface area contributed by atoms with Gasteiger partial charge in [-0.1, -0.05) is 29.0 Å². The number of benzene rings is 2. The molecule has 0 radical (unpaired) electrons. The summed E-state index contributed by atoms with van der Waals surface area (Å²) in [5, 5.41) is 0.949. The van der Waals surface area contributed by atoms with Crippen molar-refractivity contribution in [2.75, 3.05) is 37.8 Å². The van der Waals surface area contributed by atoms with Gasteiger partial charge in [-0.05, 0) is 69.4 Å². The Hall–Kier alpha value is -2.00. The summed E-state index contributed by atoms with van der Waals surface area (Å²) in [6, 6.07) is 9.91. The van der Waals surface area contributed by atoms with Crippen molar-refractivity contribution in [1.29, 1.82) is 0 Å². The van der Waals surface area contributed by atoms with E-state index in [4.69, 9.17) is 11.6 Å². The molecule has 3 aromatic rings. The summed E-state index contributed by atoms with van der Waals surface area (Å²) >= 11 is 7.25. The topological polar surface area (TPSA) is 70.6 Å². The lowest BCUT2D eigenvalue weighted by molar-refractivity contribution is -0.116. The Morgan fingerprint density at radius 1 is 1.10 bits per heavy atom. The van der Waals surface area contributed by atoms with Crippen LogP contribution in [-0.2, 0) is 14.6 Å². The van der Waals surface area contributed by atoms with Crippen LogP contribution in [0.4, 0.5) is 5.13 Å². The lowest BCUT2D eigenvalue weighted by Crippen LogP contribution is -2.40. The normalized spacial score (nSPS) is 11.9. The SMILES string of the molecule is Cc1cc(C)c2nc(N(CCN(C)C)C(=O)CS(=O)(=O)c3ccc(Cl)cc3)sc2c1. The number of fused-ring (bicyclic) bond motifs is 1. The zero-order chi connectivity index (χ0) is 22.1. The van der Waals surface area contributed by atoms with Crippen LogP contribution < -0.4 is 4.90 Å². The van der Waals surface area contributed by atoms with Crippen LogP contribution in [-0.4, -0.2) is 57.1 Å². The molecule has 3 rings (SSSR count). The van der Waals surface area contributed by atoms with Crippen molar-refractivity contribution in [3.05, 3.63) is 52.5 Å². The minimum Gasteiger partial charge on any atom is -0.308 e. The first-order valence-corrected chi connectivity index (χ1v) is 12.2. The number of amides is 1. The van der Waals surface area contributed by atoms with Crippen molar-refractivity contribution in [3.8, 4) is 0 Å². The van der Waals surface area contributed by atoms with Crippen molar-refractivity contribution >= 4 is 54.0 Å². The van der Waals surface area contributed by atoms with Crippen LogP contribution in [0, 0.1) is 13.8 Å². The summed E-state index contributed by atoms with van der Waals surface area (Å²) < 4.78 is 26.5. The van der Waals surface area contributed by atoms with E-state index in [1.165, 1.54) is 40.5 Å². The minimum absolute atomic E-state index is 0.0728. The molecule has 30 heavy (non-hydrogen) atoms. The van der Waals surface area contributed by atoms with Gasteiger partial charge in [0.05, 0.1) is 15.1 Å². The number of thiazole rings is 1. The quantitative estimate of drug-likeness (QED) is 0.528. The van der Waals surface area contributed by atoms with Crippen LogP contribution in [0.15, 0.2) is 41.3 Å². The van der Waals surface area contributed by atoms with Gasteiger partial charge in [0.25, 0.3) is 0 Å². The number of halogens is 1. The number of hydrogen-bond acceptors (Lipinski definition) is 6. The van der Waals surface area contributed by atoms with Gasteiger partial charge in [0.2, 0.25) is 5.91 Å². The van der Waals surface area contributed by atoms with E-state index in [0.717, 1.165) is 21.3 Å². The van der Waals surface area contributed by atoms with Crippen molar-refractivity contribution in [2.45, 2.75) is 18.7 Å². The van der Waals surface area contributed by atoms with Crippen LogP contribution in [0.5, 0.6) is 0 Å². The third kappa shape index (κ3) is 5.18. The maximum Gasteiger partial charge on any atom is 0.244 e. The lowest BCUT2D eigenvalue weighted by Gasteiger charge is -2.22. The molecule has 0 aliphatic heterocycles. The number of anilines is 1. The number of nitrogens with zero attached hydrogens (tertiary/aromatic N) is 3. The average molecular weight is 466 g/mol. The second-order valence-electron chi connectivity index (χ2n) is 7.49. The highest BCUT2D eigenvalue weighted by Gasteiger charge is 2.27. The van der Waals surface area contributed by atoms with Crippen molar-refractivity contribution in [2.24, 2.45) is 0 Å². The largest absolute Gasteiger partial charge is 0.308 e. The van der Waals surface area contributed by atoms with Gasteiger partial charge in [0.1, 0.15) is 5.75 Å². The van der Waals surface area contributed by atoms with Gasteiger partial charge >= 0.3 is 0 Å².